The third-order valence-corrected chi connectivity index (χ3v) is 5.41. The van der Waals surface area contributed by atoms with Crippen LogP contribution in [0.5, 0.6) is 0 Å². The van der Waals surface area contributed by atoms with Gasteiger partial charge in [-0.15, -0.1) is 0 Å². The summed E-state index contributed by atoms with van der Waals surface area (Å²) in [6.07, 6.45) is 5.94. The highest BCUT2D eigenvalue weighted by Gasteiger charge is 2.40. The smallest absolute Gasteiger partial charge is 0.271 e. The maximum absolute atomic E-state index is 11.6. The zero-order chi connectivity index (χ0) is 19.3. The Morgan fingerprint density at radius 1 is 1.33 bits per heavy atom. The monoisotopic (exact) mass is 394 g/mol. The maximum atomic E-state index is 11.6. The summed E-state index contributed by atoms with van der Waals surface area (Å²) in [5.74, 6) is 0. The Hall–Kier alpha value is -1.83. The van der Waals surface area contributed by atoms with E-state index in [4.69, 9.17) is 16.3 Å². The first-order valence-electron chi connectivity index (χ1n) is 9.39. The molecule has 2 heterocycles. The number of halogens is 1. The van der Waals surface area contributed by atoms with Gasteiger partial charge in [0.05, 0.1) is 12.5 Å². The summed E-state index contributed by atoms with van der Waals surface area (Å²) in [6, 6.07) is 7.81. The summed E-state index contributed by atoms with van der Waals surface area (Å²) in [7, 11) is 0. The van der Waals surface area contributed by atoms with E-state index in [9.17, 15) is 10.1 Å². The number of benzene rings is 1. The van der Waals surface area contributed by atoms with Gasteiger partial charge in [0.1, 0.15) is 5.66 Å². The molecule has 2 atom stereocenters. The minimum absolute atomic E-state index is 0.0581. The summed E-state index contributed by atoms with van der Waals surface area (Å²) < 4.78 is 5.95. The molecule has 8 heteroatoms. The van der Waals surface area contributed by atoms with E-state index in [-0.39, 0.29) is 16.7 Å². The van der Waals surface area contributed by atoms with Crippen molar-refractivity contribution in [3.05, 3.63) is 57.4 Å². The van der Waals surface area contributed by atoms with Crippen molar-refractivity contribution < 1.29 is 9.66 Å². The summed E-state index contributed by atoms with van der Waals surface area (Å²) in [4.78, 5) is 13.3. The van der Waals surface area contributed by atoms with E-state index < -0.39 is 6.17 Å². The average molecular weight is 395 g/mol. The summed E-state index contributed by atoms with van der Waals surface area (Å²) in [5, 5.41) is 18.7. The van der Waals surface area contributed by atoms with Gasteiger partial charge >= 0.3 is 0 Å². The lowest BCUT2D eigenvalue weighted by atomic mass is 10.0. The van der Waals surface area contributed by atoms with Gasteiger partial charge in [-0.1, -0.05) is 23.7 Å². The molecular weight excluding hydrogens is 368 g/mol. The highest BCUT2D eigenvalue weighted by Crippen LogP contribution is 2.23. The molecule has 27 heavy (non-hydrogen) atoms. The second kappa shape index (κ2) is 8.91. The average Bonchev–Trinajstić information content (AvgIpc) is 3.07. The molecule has 2 N–H and O–H groups in total. The molecule has 148 valence electrons. The number of hydrogen-bond acceptors (Lipinski definition) is 6. The van der Waals surface area contributed by atoms with Gasteiger partial charge in [0.2, 0.25) is 0 Å². The molecule has 0 amide bonds. The van der Waals surface area contributed by atoms with Crippen LogP contribution in [-0.4, -0.2) is 47.5 Å². The van der Waals surface area contributed by atoms with Gasteiger partial charge in [-0.3, -0.25) is 10.1 Å². The first-order valence-corrected chi connectivity index (χ1v) is 9.77. The van der Waals surface area contributed by atoms with Crippen molar-refractivity contribution >= 4 is 11.6 Å². The van der Waals surface area contributed by atoms with Crippen molar-refractivity contribution in [2.24, 2.45) is 0 Å². The van der Waals surface area contributed by atoms with Crippen LogP contribution in [0.1, 0.15) is 31.7 Å². The molecule has 1 unspecified atom stereocenters. The molecule has 1 aromatic carbocycles. The van der Waals surface area contributed by atoms with Crippen LogP contribution in [-0.2, 0) is 11.2 Å². The maximum Gasteiger partial charge on any atom is 0.271 e. The summed E-state index contributed by atoms with van der Waals surface area (Å²) in [5.41, 5.74) is 0.861. The molecule has 7 nitrogen and oxygen atoms in total. The van der Waals surface area contributed by atoms with Crippen LogP contribution in [0.2, 0.25) is 5.02 Å². The minimum Gasteiger partial charge on any atom is -0.378 e. The number of nitrogens with zero attached hydrogens (tertiary/aromatic N) is 2. The van der Waals surface area contributed by atoms with E-state index in [0.29, 0.717) is 26.1 Å². The zero-order valence-electron chi connectivity index (χ0n) is 15.6. The van der Waals surface area contributed by atoms with E-state index in [1.807, 2.05) is 48.5 Å². The largest absolute Gasteiger partial charge is 0.378 e. The second-order valence-electron chi connectivity index (χ2n) is 7.44. The zero-order valence-corrected chi connectivity index (χ0v) is 16.3. The first kappa shape index (κ1) is 19.9. The van der Waals surface area contributed by atoms with E-state index in [2.05, 4.69) is 10.6 Å². The first-order chi connectivity index (χ1) is 13.0. The predicted molar refractivity (Wildman–Crippen MR) is 105 cm³/mol. The van der Waals surface area contributed by atoms with Crippen LogP contribution in [0.4, 0.5) is 0 Å². The van der Waals surface area contributed by atoms with Crippen molar-refractivity contribution in [3.8, 4) is 0 Å². The van der Waals surface area contributed by atoms with Crippen molar-refractivity contribution in [1.82, 2.24) is 15.5 Å². The van der Waals surface area contributed by atoms with Crippen LogP contribution in [0.25, 0.3) is 0 Å². The third-order valence-electron chi connectivity index (χ3n) is 5.16. The van der Waals surface area contributed by atoms with Crippen LogP contribution in [0.3, 0.4) is 0 Å². The van der Waals surface area contributed by atoms with Gasteiger partial charge in [-0.25, -0.2) is 4.90 Å². The molecule has 0 bridgehead atoms. The van der Waals surface area contributed by atoms with Gasteiger partial charge in [-0.2, -0.15) is 0 Å². The number of nitrogens with one attached hydrogen (secondary N) is 2. The molecule has 1 saturated heterocycles. The number of likely N-dealkylation sites (tertiary alicyclic amines) is 1. The van der Waals surface area contributed by atoms with Gasteiger partial charge in [0.25, 0.3) is 6.17 Å². The lowest BCUT2D eigenvalue weighted by molar-refractivity contribution is -0.557. The standard InChI is InChI=1S/C19H27ClN4O3/c1-19(21-9-10-22-19)14-23-11-8-17(13-18(23)24(25)26)27-12-2-3-15-4-6-16(20)7-5-15/h4-7,9-10,17-18,21-22H,2-3,8,11-14H2,1H3/t17-,18?/m0/s1. The Kier molecular flexibility index (Phi) is 6.57. The Morgan fingerprint density at radius 3 is 2.70 bits per heavy atom. The topological polar surface area (TPSA) is 79.7 Å². The Morgan fingerprint density at radius 2 is 2.04 bits per heavy atom. The third kappa shape index (κ3) is 5.57. The van der Waals surface area contributed by atoms with E-state index >= 15 is 0 Å². The second-order valence-corrected chi connectivity index (χ2v) is 7.87. The molecule has 1 aromatic rings. The Balaban J connectivity index is 1.43. The van der Waals surface area contributed by atoms with E-state index in [1.165, 1.54) is 5.56 Å². The lowest BCUT2D eigenvalue weighted by Gasteiger charge is -2.38. The molecule has 2 aliphatic rings. The number of rotatable bonds is 8. The van der Waals surface area contributed by atoms with Crippen molar-refractivity contribution in [2.45, 2.75) is 50.5 Å². The highest BCUT2D eigenvalue weighted by atomic mass is 35.5. The van der Waals surface area contributed by atoms with Gasteiger partial charge in [0.15, 0.2) is 0 Å². The minimum atomic E-state index is -0.707. The Bertz CT molecular complexity index is 659. The van der Waals surface area contributed by atoms with Gasteiger partial charge < -0.3 is 15.4 Å². The fraction of sp³-hybridized carbons (Fsp3) is 0.579. The summed E-state index contributed by atoms with van der Waals surface area (Å²) in [6.45, 7) is 3.84. The molecule has 0 saturated carbocycles. The number of ether oxygens (including phenoxy) is 1. The van der Waals surface area contributed by atoms with Crippen LogP contribution in [0.15, 0.2) is 36.7 Å². The molecule has 1 fully saturated rings. The fourth-order valence-corrected chi connectivity index (χ4v) is 3.81. The molecule has 0 aromatic heterocycles. The predicted octanol–water partition coefficient (Wildman–Crippen LogP) is 2.74. The van der Waals surface area contributed by atoms with Crippen LogP contribution in [0, 0.1) is 10.1 Å². The molecule has 3 rings (SSSR count). The number of aryl methyl sites for hydroxylation is 1. The number of nitro groups is 1. The lowest BCUT2D eigenvalue weighted by Crippen LogP contribution is -2.60. The Labute approximate surface area is 164 Å². The molecular formula is C19H27ClN4O3. The number of piperidine rings is 1. The quantitative estimate of drug-likeness (QED) is 0.401. The molecule has 0 spiro atoms. The fourth-order valence-electron chi connectivity index (χ4n) is 3.68. The molecule has 0 radical (unpaired) electrons. The van der Waals surface area contributed by atoms with E-state index in [0.717, 1.165) is 24.3 Å². The highest BCUT2D eigenvalue weighted by molar-refractivity contribution is 6.30. The summed E-state index contributed by atoms with van der Waals surface area (Å²) >= 11 is 5.89. The van der Waals surface area contributed by atoms with Crippen LogP contribution < -0.4 is 10.6 Å². The van der Waals surface area contributed by atoms with Crippen LogP contribution >= 0.6 is 11.6 Å². The van der Waals surface area contributed by atoms with Gasteiger partial charge in [-0.05, 0) is 43.9 Å². The molecule has 0 aliphatic carbocycles. The van der Waals surface area contributed by atoms with Crippen molar-refractivity contribution in [2.75, 3.05) is 19.7 Å². The number of hydrogen-bond donors (Lipinski definition) is 2. The SMILES string of the molecule is CC1(CN2CC[C@H](OCCCc3ccc(Cl)cc3)CC2[N+](=O)[O-])NC=CN1. The van der Waals surface area contributed by atoms with Gasteiger partial charge in [0, 0.05) is 42.0 Å². The van der Waals surface area contributed by atoms with Crippen molar-refractivity contribution in [1.29, 1.82) is 0 Å². The van der Waals surface area contributed by atoms with E-state index in [1.54, 1.807) is 0 Å². The van der Waals surface area contributed by atoms with Crippen molar-refractivity contribution in [3.63, 3.8) is 0 Å². The normalized spacial score (nSPS) is 24.4. The molecule has 2 aliphatic heterocycles.